The highest BCUT2D eigenvalue weighted by Gasteiger charge is 2.24. The van der Waals surface area contributed by atoms with Gasteiger partial charge in [-0.25, -0.2) is 14.6 Å². The number of rotatable bonds is 5. The minimum Gasteiger partial charge on any atom is -0.478 e. The van der Waals surface area contributed by atoms with Crippen molar-refractivity contribution in [1.82, 2.24) is 4.98 Å². The highest BCUT2D eigenvalue weighted by molar-refractivity contribution is 7.11. The molecule has 6 nitrogen and oxygen atoms in total. The molecule has 1 N–H and O–H groups in total. The molecule has 4 rings (SSSR count). The lowest BCUT2D eigenvalue weighted by Crippen LogP contribution is -2.07. The molecule has 0 aliphatic heterocycles. The molecule has 0 aliphatic carbocycles. The first-order chi connectivity index (χ1) is 14.0. The number of aromatic carboxylic acids is 1. The summed E-state index contributed by atoms with van der Waals surface area (Å²) in [4.78, 5) is 32.7. The van der Waals surface area contributed by atoms with Gasteiger partial charge in [0.15, 0.2) is 11.3 Å². The van der Waals surface area contributed by atoms with Gasteiger partial charge in [0.2, 0.25) is 5.78 Å². The molecule has 2 heterocycles. The molecule has 0 unspecified atom stereocenters. The number of thiophene rings is 1. The van der Waals surface area contributed by atoms with Crippen molar-refractivity contribution < 1.29 is 19.1 Å². The van der Waals surface area contributed by atoms with Crippen molar-refractivity contribution in [3.63, 3.8) is 0 Å². The quantitative estimate of drug-likeness (QED) is 0.350. The van der Waals surface area contributed by atoms with Crippen LogP contribution in [0.25, 0.3) is 27.1 Å². The molecule has 4 aromatic rings. The Hall–Kier alpha value is -3.76. The molecule has 29 heavy (non-hydrogen) atoms. The van der Waals surface area contributed by atoms with Crippen molar-refractivity contribution in [2.24, 2.45) is 0 Å². The molecular weight excluding hydrogens is 388 g/mol. The number of hydrogen-bond acceptors (Lipinski definition) is 5. The maximum atomic E-state index is 12.7. The van der Waals surface area contributed by atoms with Crippen molar-refractivity contribution in [2.75, 3.05) is 0 Å². The maximum absolute atomic E-state index is 12.7. The van der Waals surface area contributed by atoms with E-state index >= 15 is 0 Å². The van der Waals surface area contributed by atoms with E-state index in [0.29, 0.717) is 27.2 Å². The molecule has 7 heteroatoms. The third-order valence-electron chi connectivity index (χ3n) is 4.56. The Morgan fingerprint density at radius 2 is 2.00 bits per heavy atom. The summed E-state index contributed by atoms with van der Waals surface area (Å²) in [5, 5.41) is 11.5. The van der Waals surface area contributed by atoms with E-state index in [-0.39, 0.29) is 23.7 Å². The maximum Gasteiger partial charge on any atom is 0.337 e. The number of carbonyl (C=O) groups is 2. The summed E-state index contributed by atoms with van der Waals surface area (Å²) in [6.07, 6.45) is -0.113. The van der Waals surface area contributed by atoms with Crippen molar-refractivity contribution in [2.45, 2.75) is 13.3 Å². The number of oxazole rings is 1. The van der Waals surface area contributed by atoms with E-state index in [9.17, 15) is 14.7 Å². The fourth-order valence-electron chi connectivity index (χ4n) is 3.19. The van der Waals surface area contributed by atoms with Crippen LogP contribution in [-0.4, -0.2) is 21.8 Å². The number of aromatic nitrogens is 1. The standard InChI is InChI=1S/C22H14N2O4S/c1-12-9-13(23-2)7-8-14(12)15-11-29-19(20(15)22(26)27)10-17(25)21-24-16-5-3-4-6-18(16)28-21/h3-9,11H,10H2,1H3,(H,26,27). The zero-order chi connectivity index (χ0) is 20.5. The molecule has 0 saturated heterocycles. The first-order valence-electron chi connectivity index (χ1n) is 8.69. The van der Waals surface area contributed by atoms with Gasteiger partial charge in [-0.05, 0) is 30.0 Å². The number of benzene rings is 2. The van der Waals surface area contributed by atoms with Gasteiger partial charge in [0.1, 0.15) is 5.52 Å². The molecule has 0 bridgehead atoms. The summed E-state index contributed by atoms with van der Waals surface area (Å²) >= 11 is 1.22. The Morgan fingerprint density at radius 1 is 1.21 bits per heavy atom. The van der Waals surface area contributed by atoms with E-state index in [2.05, 4.69) is 9.83 Å². The number of carboxylic acids is 1. The summed E-state index contributed by atoms with van der Waals surface area (Å²) in [6, 6.07) is 12.2. The number of carboxylic acid groups (broad SMARTS) is 1. The molecule has 0 radical (unpaired) electrons. The van der Waals surface area contributed by atoms with Crippen molar-refractivity contribution in [1.29, 1.82) is 0 Å². The van der Waals surface area contributed by atoms with Crippen LogP contribution in [0.5, 0.6) is 0 Å². The number of hydrogen-bond donors (Lipinski definition) is 1. The van der Waals surface area contributed by atoms with Crippen LogP contribution in [0, 0.1) is 13.5 Å². The second-order valence-corrected chi connectivity index (χ2v) is 7.41. The van der Waals surface area contributed by atoms with Gasteiger partial charge in [0.05, 0.1) is 18.6 Å². The van der Waals surface area contributed by atoms with Gasteiger partial charge >= 0.3 is 5.97 Å². The number of Topliss-reactive ketones (excluding diaryl/α,β-unsaturated/α-hetero) is 1. The molecule has 0 amide bonds. The van der Waals surface area contributed by atoms with E-state index in [1.807, 2.05) is 6.92 Å². The van der Waals surface area contributed by atoms with Crippen LogP contribution >= 0.6 is 11.3 Å². The van der Waals surface area contributed by atoms with Crippen molar-refractivity contribution in [3.8, 4) is 11.1 Å². The minimum absolute atomic E-state index is 0.0323. The molecule has 0 fully saturated rings. The van der Waals surface area contributed by atoms with E-state index in [4.69, 9.17) is 11.0 Å². The first-order valence-corrected chi connectivity index (χ1v) is 9.57. The lowest BCUT2D eigenvalue weighted by molar-refractivity contribution is 0.0697. The van der Waals surface area contributed by atoms with Crippen LogP contribution in [0.4, 0.5) is 5.69 Å². The lowest BCUT2D eigenvalue weighted by Gasteiger charge is -2.07. The molecular formula is C22H14N2O4S. The number of para-hydroxylation sites is 2. The third kappa shape index (κ3) is 3.42. The van der Waals surface area contributed by atoms with Gasteiger partial charge < -0.3 is 9.52 Å². The van der Waals surface area contributed by atoms with Gasteiger partial charge in [-0.3, -0.25) is 4.79 Å². The average Bonchev–Trinajstić information content (AvgIpc) is 3.32. The summed E-state index contributed by atoms with van der Waals surface area (Å²) in [5.41, 5.74) is 3.75. The molecule has 2 aromatic carbocycles. The van der Waals surface area contributed by atoms with E-state index in [0.717, 1.165) is 11.1 Å². The number of nitrogens with zero attached hydrogens (tertiary/aromatic N) is 2. The second kappa shape index (κ2) is 7.34. The summed E-state index contributed by atoms with van der Waals surface area (Å²) in [6.45, 7) is 8.94. The monoisotopic (exact) mass is 402 g/mol. The Bertz CT molecular complexity index is 1280. The topological polar surface area (TPSA) is 84.8 Å². The highest BCUT2D eigenvalue weighted by Crippen LogP contribution is 2.36. The predicted molar refractivity (Wildman–Crippen MR) is 110 cm³/mol. The summed E-state index contributed by atoms with van der Waals surface area (Å²) < 4.78 is 5.51. The smallest absolute Gasteiger partial charge is 0.337 e. The van der Waals surface area contributed by atoms with Crippen LogP contribution in [0.3, 0.4) is 0 Å². The van der Waals surface area contributed by atoms with Crippen LogP contribution in [0.15, 0.2) is 52.3 Å². The number of fused-ring (bicyclic) bond motifs is 1. The fraction of sp³-hybridized carbons (Fsp3) is 0.0909. The largest absolute Gasteiger partial charge is 0.478 e. The summed E-state index contributed by atoms with van der Waals surface area (Å²) in [5.74, 6) is -1.51. The Kier molecular flexibility index (Phi) is 4.71. The van der Waals surface area contributed by atoms with Gasteiger partial charge in [-0.2, -0.15) is 0 Å². The normalized spacial score (nSPS) is 10.8. The molecule has 0 atom stereocenters. The lowest BCUT2D eigenvalue weighted by atomic mass is 9.97. The Balaban J connectivity index is 1.71. The minimum atomic E-state index is -1.10. The van der Waals surface area contributed by atoms with Gasteiger partial charge in [-0.15, -0.1) is 11.3 Å². The highest BCUT2D eigenvalue weighted by atomic mass is 32.1. The van der Waals surface area contributed by atoms with E-state index in [1.165, 1.54) is 11.3 Å². The SMILES string of the molecule is [C-]#[N+]c1ccc(-c2csc(CC(=O)c3nc4ccccc4o3)c2C(=O)O)c(C)c1. The van der Waals surface area contributed by atoms with Crippen molar-refractivity contribution in [3.05, 3.63) is 81.2 Å². The molecule has 142 valence electrons. The predicted octanol–water partition coefficient (Wildman–Crippen LogP) is 5.54. The third-order valence-corrected chi connectivity index (χ3v) is 5.55. The Morgan fingerprint density at radius 3 is 2.69 bits per heavy atom. The number of aryl methyl sites for hydroxylation is 1. The number of carbonyl (C=O) groups excluding carboxylic acids is 1. The molecule has 0 aliphatic rings. The van der Waals surface area contributed by atoms with Gasteiger partial charge in [0, 0.05) is 10.4 Å². The Labute approximate surface area is 169 Å². The zero-order valence-corrected chi connectivity index (χ0v) is 16.1. The van der Waals surface area contributed by atoms with Crippen LogP contribution < -0.4 is 0 Å². The van der Waals surface area contributed by atoms with E-state index < -0.39 is 5.97 Å². The number of ketones is 1. The van der Waals surface area contributed by atoms with Gasteiger partial charge in [0.25, 0.3) is 5.89 Å². The first kappa shape index (κ1) is 18.6. The molecule has 0 spiro atoms. The zero-order valence-electron chi connectivity index (χ0n) is 15.3. The van der Waals surface area contributed by atoms with Crippen LogP contribution in [0.2, 0.25) is 0 Å². The fourth-order valence-corrected chi connectivity index (χ4v) is 4.23. The van der Waals surface area contributed by atoms with Crippen molar-refractivity contribution >= 4 is 39.9 Å². The average molecular weight is 402 g/mol. The summed E-state index contributed by atoms with van der Waals surface area (Å²) in [7, 11) is 0. The van der Waals surface area contributed by atoms with Crippen LogP contribution in [-0.2, 0) is 6.42 Å². The molecule has 0 saturated carbocycles. The second-order valence-electron chi connectivity index (χ2n) is 6.45. The van der Waals surface area contributed by atoms with E-state index in [1.54, 1.807) is 47.8 Å². The molecule has 2 aromatic heterocycles. The van der Waals surface area contributed by atoms with Gasteiger partial charge in [-0.1, -0.05) is 35.9 Å². The van der Waals surface area contributed by atoms with Crippen LogP contribution in [0.1, 0.15) is 31.5 Å².